The van der Waals surface area contributed by atoms with Crippen LogP contribution in [0.5, 0.6) is 0 Å². The number of aromatic nitrogens is 1. The van der Waals surface area contributed by atoms with Crippen LogP contribution in [-0.4, -0.2) is 10.5 Å². The Hall–Kier alpha value is -2.47. The Bertz CT molecular complexity index is 885. The van der Waals surface area contributed by atoms with Gasteiger partial charge in [-0.2, -0.15) is 0 Å². The lowest BCUT2D eigenvalue weighted by molar-refractivity contribution is -0.121. The van der Waals surface area contributed by atoms with E-state index in [1.165, 1.54) is 10.6 Å². The van der Waals surface area contributed by atoms with Gasteiger partial charge in [-0.05, 0) is 18.2 Å². The van der Waals surface area contributed by atoms with Crippen molar-refractivity contribution in [2.45, 2.75) is 13.1 Å². The van der Waals surface area contributed by atoms with Crippen molar-refractivity contribution < 1.29 is 9.18 Å². The van der Waals surface area contributed by atoms with E-state index in [2.05, 4.69) is 5.32 Å². The Morgan fingerprint density at radius 3 is 2.68 bits per heavy atom. The van der Waals surface area contributed by atoms with Crippen molar-refractivity contribution in [3.8, 4) is 0 Å². The molecular formula is C16H13FN2O2S. The van der Waals surface area contributed by atoms with Crippen LogP contribution in [-0.2, 0) is 17.9 Å². The molecule has 0 spiro atoms. The summed E-state index contributed by atoms with van der Waals surface area (Å²) in [5.41, 5.74) is 1.15. The van der Waals surface area contributed by atoms with Crippen LogP contribution in [0.4, 0.5) is 4.39 Å². The fraction of sp³-hybridized carbons (Fsp3) is 0.125. The van der Waals surface area contributed by atoms with E-state index in [1.807, 2.05) is 18.2 Å². The van der Waals surface area contributed by atoms with Crippen molar-refractivity contribution >= 4 is 27.5 Å². The molecule has 0 saturated heterocycles. The number of rotatable bonds is 4. The average Bonchev–Trinajstić information content (AvgIpc) is 2.83. The quantitative estimate of drug-likeness (QED) is 0.804. The van der Waals surface area contributed by atoms with Crippen LogP contribution in [0.2, 0.25) is 0 Å². The van der Waals surface area contributed by atoms with E-state index in [0.717, 1.165) is 21.6 Å². The largest absolute Gasteiger partial charge is 0.350 e. The van der Waals surface area contributed by atoms with Gasteiger partial charge >= 0.3 is 4.87 Å². The van der Waals surface area contributed by atoms with Crippen LogP contribution in [0.1, 0.15) is 5.56 Å². The molecule has 1 N–H and O–H groups in total. The van der Waals surface area contributed by atoms with Crippen LogP contribution in [0.3, 0.4) is 0 Å². The predicted octanol–water partition coefficient (Wildman–Crippen LogP) is 2.52. The summed E-state index contributed by atoms with van der Waals surface area (Å²) in [7, 11) is 0. The fourth-order valence-corrected chi connectivity index (χ4v) is 3.09. The Balaban J connectivity index is 1.73. The molecule has 0 aliphatic heterocycles. The Morgan fingerprint density at radius 1 is 1.14 bits per heavy atom. The molecule has 22 heavy (non-hydrogen) atoms. The average molecular weight is 316 g/mol. The van der Waals surface area contributed by atoms with Gasteiger partial charge in [0, 0.05) is 12.1 Å². The number of carbonyl (C=O) groups is 1. The first-order chi connectivity index (χ1) is 10.6. The van der Waals surface area contributed by atoms with Crippen LogP contribution >= 0.6 is 11.3 Å². The minimum absolute atomic E-state index is 0.0721. The van der Waals surface area contributed by atoms with Gasteiger partial charge in [-0.1, -0.05) is 41.7 Å². The van der Waals surface area contributed by atoms with Crippen LogP contribution in [0.15, 0.2) is 53.3 Å². The van der Waals surface area contributed by atoms with E-state index in [4.69, 9.17) is 0 Å². The molecule has 0 atom stereocenters. The second kappa shape index (κ2) is 6.11. The van der Waals surface area contributed by atoms with Gasteiger partial charge in [0.25, 0.3) is 0 Å². The van der Waals surface area contributed by atoms with Gasteiger partial charge in [-0.3, -0.25) is 14.2 Å². The maximum Gasteiger partial charge on any atom is 0.308 e. The molecule has 0 aliphatic rings. The summed E-state index contributed by atoms with van der Waals surface area (Å²) in [5.74, 6) is -0.685. The molecule has 0 saturated carbocycles. The number of hydrogen-bond acceptors (Lipinski definition) is 3. The number of amides is 1. The van der Waals surface area contributed by atoms with Gasteiger partial charge in [0.05, 0.1) is 10.2 Å². The number of thiazole rings is 1. The van der Waals surface area contributed by atoms with Gasteiger partial charge in [-0.15, -0.1) is 0 Å². The monoisotopic (exact) mass is 316 g/mol. The highest BCUT2D eigenvalue weighted by Crippen LogP contribution is 2.16. The zero-order valence-electron chi connectivity index (χ0n) is 11.6. The number of hydrogen-bond donors (Lipinski definition) is 1. The highest BCUT2D eigenvalue weighted by atomic mass is 32.1. The number of fused-ring (bicyclic) bond motifs is 1. The molecule has 6 heteroatoms. The summed E-state index contributed by atoms with van der Waals surface area (Å²) in [6, 6.07) is 13.6. The molecule has 0 aliphatic carbocycles. The molecule has 1 aromatic heterocycles. The topological polar surface area (TPSA) is 51.1 Å². The lowest BCUT2D eigenvalue weighted by Gasteiger charge is -2.07. The smallest absolute Gasteiger partial charge is 0.308 e. The lowest BCUT2D eigenvalue weighted by Crippen LogP contribution is -2.30. The summed E-state index contributed by atoms with van der Waals surface area (Å²) in [6.45, 7) is 0.0274. The Morgan fingerprint density at radius 2 is 1.86 bits per heavy atom. The SMILES string of the molecule is O=C(Cn1c(=O)sc2ccccc21)NCc1ccccc1F. The minimum Gasteiger partial charge on any atom is -0.350 e. The molecule has 1 heterocycles. The molecule has 112 valence electrons. The summed E-state index contributed by atoms with van der Waals surface area (Å²) in [5, 5.41) is 2.64. The third-order valence-electron chi connectivity index (χ3n) is 3.31. The molecule has 0 bridgehead atoms. The third-order valence-corrected chi connectivity index (χ3v) is 4.27. The van der Waals surface area contributed by atoms with Crippen molar-refractivity contribution in [1.82, 2.24) is 9.88 Å². The van der Waals surface area contributed by atoms with Crippen molar-refractivity contribution in [2.24, 2.45) is 0 Å². The zero-order valence-corrected chi connectivity index (χ0v) is 12.4. The third kappa shape index (κ3) is 2.92. The molecule has 0 unspecified atom stereocenters. The molecular weight excluding hydrogens is 303 g/mol. The first-order valence-corrected chi connectivity index (χ1v) is 7.55. The number of benzene rings is 2. The van der Waals surface area contributed by atoms with Gasteiger partial charge < -0.3 is 5.32 Å². The summed E-state index contributed by atoms with van der Waals surface area (Å²) < 4.78 is 15.8. The number of nitrogens with one attached hydrogen (secondary N) is 1. The van der Waals surface area contributed by atoms with Crippen LogP contribution in [0.25, 0.3) is 10.2 Å². The highest BCUT2D eigenvalue weighted by molar-refractivity contribution is 7.16. The van der Waals surface area contributed by atoms with E-state index < -0.39 is 0 Å². The van der Waals surface area contributed by atoms with E-state index in [-0.39, 0.29) is 29.7 Å². The lowest BCUT2D eigenvalue weighted by atomic mass is 10.2. The maximum absolute atomic E-state index is 13.5. The van der Waals surface area contributed by atoms with Crippen molar-refractivity contribution in [3.05, 3.63) is 69.6 Å². The molecule has 3 rings (SSSR count). The zero-order chi connectivity index (χ0) is 15.5. The van der Waals surface area contributed by atoms with Gasteiger partial charge in [0.1, 0.15) is 12.4 Å². The molecule has 1 amide bonds. The molecule has 2 aromatic carbocycles. The Kier molecular flexibility index (Phi) is 4.02. The molecule has 3 aromatic rings. The minimum atomic E-state index is -0.360. The van der Waals surface area contributed by atoms with Gasteiger partial charge in [-0.25, -0.2) is 4.39 Å². The first kappa shape index (κ1) is 14.5. The summed E-state index contributed by atoms with van der Waals surface area (Å²) in [6.07, 6.45) is 0. The van der Waals surface area contributed by atoms with Gasteiger partial charge in [0.2, 0.25) is 5.91 Å². The van der Waals surface area contributed by atoms with E-state index in [9.17, 15) is 14.0 Å². The first-order valence-electron chi connectivity index (χ1n) is 6.73. The summed E-state index contributed by atoms with van der Waals surface area (Å²) in [4.78, 5) is 23.8. The van der Waals surface area contributed by atoms with Crippen LogP contribution < -0.4 is 10.2 Å². The van der Waals surface area contributed by atoms with Crippen molar-refractivity contribution in [1.29, 1.82) is 0 Å². The number of nitrogens with zero attached hydrogens (tertiary/aromatic N) is 1. The second-order valence-electron chi connectivity index (χ2n) is 4.79. The molecule has 0 radical (unpaired) electrons. The second-order valence-corrected chi connectivity index (χ2v) is 5.78. The standard InChI is InChI=1S/C16H13FN2O2S/c17-12-6-2-1-5-11(12)9-18-15(20)10-19-13-7-3-4-8-14(13)22-16(19)21/h1-8H,9-10H2,(H,18,20). The fourth-order valence-electron chi connectivity index (χ4n) is 2.20. The maximum atomic E-state index is 13.5. The van der Waals surface area contributed by atoms with E-state index in [1.54, 1.807) is 24.3 Å². The number of carbonyl (C=O) groups excluding carboxylic acids is 1. The van der Waals surface area contributed by atoms with Gasteiger partial charge in [0.15, 0.2) is 0 Å². The number of para-hydroxylation sites is 1. The molecule has 4 nitrogen and oxygen atoms in total. The molecule has 0 fully saturated rings. The normalized spacial score (nSPS) is 10.8. The number of halogens is 1. The predicted molar refractivity (Wildman–Crippen MR) is 84.3 cm³/mol. The van der Waals surface area contributed by atoms with E-state index in [0.29, 0.717) is 5.56 Å². The van der Waals surface area contributed by atoms with E-state index >= 15 is 0 Å². The highest BCUT2D eigenvalue weighted by Gasteiger charge is 2.11. The van der Waals surface area contributed by atoms with Crippen molar-refractivity contribution in [2.75, 3.05) is 0 Å². The summed E-state index contributed by atoms with van der Waals surface area (Å²) >= 11 is 1.11. The van der Waals surface area contributed by atoms with Crippen molar-refractivity contribution in [3.63, 3.8) is 0 Å². The van der Waals surface area contributed by atoms with Crippen LogP contribution in [0, 0.1) is 5.82 Å². The Labute approximate surface area is 129 Å².